The zero-order valence-corrected chi connectivity index (χ0v) is 13.9. The Morgan fingerprint density at radius 3 is 2.30 bits per heavy atom. The van der Waals surface area contributed by atoms with Crippen LogP contribution in [-0.4, -0.2) is 5.91 Å². The summed E-state index contributed by atoms with van der Waals surface area (Å²) in [6, 6.07) is 9.32. The van der Waals surface area contributed by atoms with Crippen molar-refractivity contribution < 1.29 is 4.79 Å². The number of nitrogens with one attached hydrogen (secondary N) is 1. The van der Waals surface area contributed by atoms with Gasteiger partial charge in [-0.3, -0.25) is 4.79 Å². The molecule has 0 aliphatic carbocycles. The third-order valence-electron chi connectivity index (χ3n) is 3.08. The minimum atomic E-state index is -0.122. The van der Waals surface area contributed by atoms with Gasteiger partial charge >= 0.3 is 0 Å². The van der Waals surface area contributed by atoms with Crippen molar-refractivity contribution in [2.75, 3.05) is 5.32 Å². The van der Waals surface area contributed by atoms with Crippen LogP contribution in [0.4, 0.5) is 5.69 Å². The van der Waals surface area contributed by atoms with Gasteiger partial charge < -0.3 is 5.32 Å². The smallest absolute Gasteiger partial charge is 0.256 e. The van der Waals surface area contributed by atoms with E-state index in [0.717, 1.165) is 21.2 Å². The second-order valence-corrected chi connectivity index (χ2v) is 6.14. The maximum absolute atomic E-state index is 12.5. The van der Waals surface area contributed by atoms with E-state index in [0.29, 0.717) is 16.3 Å². The number of anilines is 1. The molecule has 104 valence electrons. The third-order valence-corrected chi connectivity index (χ3v) is 4.01. The summed E-state index contributed by atoms with van der Waals surface area (Å²) in [5, 5.41) is 3.48. The van der Waals surface area contributed by atoms with Crippen molar-refractivity contribution in [3.63, 3.8) is 0 Å². The fourth-order valence-electron chi connectivity index (χ4n) is 2.32. The van der Waals surface area contributed by atoms with Gasteiger partial charge in [0.05, 0.1) is 5.69 Å². The minimum Gasteiger partial charge on any atom is -0.321 e. The van der Waals surface area contributed by atoms with E-state index in [-0.39, 0.29) is 5.91 Å². The maximum atomic E-state index is 12.5. The summed E-state index contributed by atoms with van der Waals surface area (Å²) < 4.78 is 0.803. The Labute approximate surface area is 132 Å². The van der Waals surface area contributed by atoms with Crippen LogP contribution in [0.5, 0.6) is 0 Å². The number of amides is 1. The van der Waals surface area contributed by atoms with Crippen LogP contribution < -0.4 is 5.32 Å². The highest BCUT2D eigenvalue weighted by molar-refractivity contribution is 9.10. The quantitative estimate of drug-likeness (QED) is 0.782. The number of hydrogen-bond donors (Lipinski definition) is 1. The first kappa shape index (κ1) is 15.1. The van der Waals surface area contributed by atoms with Crippen molar-refractivity contribution >= 4 is 39.1 Å². The predicted octanol–water partition coefficient (Wildman–Crippen LogP) is 5.28. The van der Waals surface area contributed by atoms with Crippen molar-refractivity contribution in [2.24, 2.45) is 0 Å². The molecule has 0 unspecified atom stereocenters. The molecule has 0 fully saturated rings. The number of carbonyl (C=O) groups excluding carboxylic acids is 1. The fraction of sp³-hybridized carbons (Fsp3) is 0.188. The van der Waals surface area contributed by atoms with Crippen LogP contribution in [0, 0.1) is 20.8 Å². The lowest BCUT2D eigenvalue weighted by Gasteiger charge is -2.13. The Morgan fingerprint density at radius 1 is 1.10 bits per heavy atom. The van der Waals surface area contributed by atoms with Crippen molar-refractivity contribution in [1.29, 1.82) is 0 Å². The molecule has 4 heteroatoms. The van der Waals surface area contributed by atoms with E-state index in [1.54, 1.807) is 12.1 Å². The van der Waals surface area contributed by atoms with Crippen molar-refractivity contribution in [3.8, 4) is 0 Å². The highest BCUT2D eigenvalue weighted by atomic mass is 79.9. The molecule has 2 aromatic carbocycles. The average Bonchev–Trinajstić information content (AvgIpc) is 2.32. The lowest BCUT2D eigenvalue weighted by Crippen LogP contribution is -2.15. The molecule has 0 aliphatic heterocycles. The molecule has 1 N–H and O–H groups in total. The molecule has 0 atom stereocenters. The van der Waals surface area contributed by atoms with Crippen LogP contribution in [0.3, 0.4) is 0 Å². The number of benzene rings is 2. The Bertz CT molecular complexity index is 659. The number of carbonyl (C=O) groups is 1. The van der Waals surface area contributed by atoms with Gasteiger partial charge in [0, 0.05) is 15.1 Å². The minimum absolute atomic E-state index is 0.122. The lowest BCUT2D eigenvalue weighted by molar-refractivity contribution is 0.102. The van der Waals surface area contributed by atoms with Crippen molar-refractivity contribution in [3.05, 3.63) is 62.1 Å². The number of aryl methyl sites for hydroxylation is 3. The normalized spacial score (nSPS) is 10.4. The molecule has 0 aliphatic rings. The number of halogens is 2. The molecular formula is C16H15BrClNO. The van der Waals surface area contributed by atoms with Crippen LogP contribution in [0.15, 0.2) is 34.8 Å². The second-order valence-electron chi connectivity index (χ2n) is 4.85. The molecule has 0 aromatic heterocycles. The Hall–Kier alpha value is -1.32. The second kappa shape index (κ2) is 5.98. The molecule has 20 heavy (non-hydrogen) atoms. The predicted molar refractivity (Wildman–Crippen MR) is 87.8 cm³/mol. The summed E-state index contributed by atoms with van der Waals surface area (Å²) in [6.07, 6.45) is 0. The number of rotatable bonds is 2. The zero-order chi connectivity index (χ0) is 14.9. The monoisotopic (exact) mass is 351 g/mol. The van der Waals surface area contributed by atoms with E-state index < -0.39 is 0 Å². The SMILES string of the molecule is Cc1cc(C)c(C(=O)Nc2cc(Cl)ccc2Br)c(C)c1. The van der Waals surface area contributed by atoms with Gasteiger partial charge in [-0.1, -0.05) is 29.3 Å². The average molecular weight is 353 g/mol. The molecule has 2 rings (SSSR count). The highest BCUT2D eigenvalue weighted by Gasteiger charge is 2.14. The first-order valence-electron chi connectivity index (χ1n) is 6.22. The summed E-state index contributed by atoms with van der Waals surface area (Å²) in [6.45, 7) is 5.92. The molecule has 0 heterocycles. The van der Waals surface area contributed by atoms with Gasteiger partial charge in [0.25, 0.3) is 5.91 Å². The molecule has 2 nitrogen and oxygen atoms in total. The van der Waals surface area contributed by atoms with Crippen LogP contribution in [0.1, 0.15) is 27.0 Å². The van der Waals surface area contributed by atoms with Crippen LogP contribution in [-0.2, 0) is 0 Å². The first-order valence-corrected chi connectivity index (χ1v) is 7.40. The van der Waals surface area contributed by atoms with Gasteiger partial charge in [-0.2, -0.15) is 0 Å². The van der Waals surface area contributed by atoms with Gasteiger partial charge in [0.2, 0.25) is 0 Å². The van der Waals surface area contributed by atoms with Gasteiger partial charge in [0.15, 0.2) is 0 Å². The molecule has 0 saturated heterocycles. The van der Waals surface area contributed by atoms with Crippen molar-refractivity contribution in [1.82, 2.24) is 0 Å². The lowest BCUT2D eigenvalue weighted by atomic mass is 9.99. The first-order chi connectivity index (χ1) is 9.38. The maximum Gasteiger partial charge on any atom is 0.256 e. The Morgan fingerprint density at radius 2 is 1.70 bits per heavy atom. The number of hydrogen-bond acceptors (Lipinski definition) is 1. The van der Waals surface area contributed by atoms with E-state index in [1.807, 2.05) is 39.0 Å². The summed E-state index contributed by atoms with van der Waals surface area (Å²) >= 11 is 9.36. The molecule has 0 radical (unpaired) electrons. The summed E-state index contributed by atoms with van der Waals surface area (Å²) in [5.74, 6) is -0.122. The van der Waals surface area contributed by atoms with E-state index in [2.05, 4.69) is 21.2 Å². The van der Waals surface area contributed by atoms with Gasteiger partial charge in [-0.05, 0) is 66.0 Å². The molecule has 2 aromatic rings. The van der Waals surface area contributed by atoms with E-state index in [9.17, 15) is 4.79 Å². The summed E-state index contributed by atoms with van der Waals surface area (Å²) in [7, 11) is 0. The summed E-state index contributed by atoms with van der Waals surface area (Å²) in [5.41, 5.74) is 4.47. The Balaban J connectivity index is 2.36. The molecule has 1 amide bonds. The van der Waals surface area contributed by atoms with Crippen LogP contribution in [0.25, 0.3) is 0 Å². The molecule has 0 saturated carbocycles. The van der Waals surface area contributed by atoms with Gasteiger partial charge in [-0.15, -0.1) is 0 Å². The highest BCUT2D eigenvalue weighted by Crippen LogP contribution is 2.27. The van der Waals surface area contributed by atoms with Gasteiger partial charge in [0.1, 0.15) is 0 Å². The van der Waals surface area contributed by atoms with Crippen LogP contribution in [0.2, 0.25) is 5.02 Å². The van der Waals surface area contributed by atoms with E-state index in [4.69, 9.17) is 11.6 Å². The Kier molecular flexibility index (Phi) is 4.51. The van der Waals surface area contributed by atoms with E-state index in [1.165, 1.54) is 0 Å². The van der Waals surface area contributed by atoms with E-state index >= 15 is 0 Å². The standard InChI is InChI=1S/C16H15BrClNO/c1-9-6-10(2)15(11(3)7-9)16(20)19-14-8-12(18)4-5-13(14)17/h4-8H,1-3H3,(H,19,20). The topological polar surface area (TPSA) is 29.1 Å². The molecule has 0 spiro atoms. The molecular weight excluding hydrogens is 338 g/mol. The fourth-order valence-corrected chi connectivity index (χ4v) is 2.83. The molecule has 0 bridgehead atoms. The largest absolute Gasteiger partial charge is 0.321 e. The van der Waals surface area contributed by atoms with Crippen molar-refractivity contribution in [2.45, 2.75) is 20.8 Å². The van der Waals surface area contributed by atoms with Gasteiger partial charge in [-0.25, -0.2) is 0 Å². The zero-order valence-electron chi connectivity index (χ0n) is 11.6. The van der Waals surface area contributed by atoms with Crippen LogP contribution >= 0.6 is 27.5 Å². The summed E-state index contributed by atoms with van der Waals surface area (Å²) in [4.78, 5) is 12.5. The third kappa shape index (κ3) is 3.22.